The maximum absolute atomic E-state index is 13.3. The van der Waals surface area contributed by atoms with Gasteiger partial charge in [-0.05, 0) is 54.4 Å². The van der Waals surface area contributed by atoms with Gasteiger partial charge in [0.05, 0.1) is 21.3 Å². The van der Waals surface area contributed by atoms with Crippen LogP contribution in [0.25, 0.3) is 33.3 Å². The molecule has 0 fully saturated rings. The van der Waals surface area contributed by atoms with Gasteiger partial charge in [-0.25, -0.2) is 9.18 Å². The molecule has 0 spiro atoms. The Morgan fingerprint density at radius 2 is 1.58 bits per heavy atom. The summed E-state index contributed by atoms with van der Waals surface area (Å²) in [6.45, 7) is 2.28. The molecule has 31 heavy (non-hydrogen) atoms. The van der Waals surface area contributed by atoms with Crippen LogP contribution in [0.5, 0.6) is 0 Å². The molecule has 0 amide bonds. The number of carboxylic acids is 1. The van der Waals surface area contributed by atoms with E-state index >= 15 is 0 Å². The van der Waals surface area contributed by atoms with E-state index in [0.29, 0.717) is 28.2 Å². The van der Waals surface area contributed by atoms with Crippen LogP contribution in [-0.2, 0) is 6.54 Å². The number of nitrogens with zero attached hydrogens (tertiary/aromatic N) is 1. The third kappa shape index (κ3) is 3.71. The van der Waals surface area contributed by atoms with Crippen molar-refractivity contribution in [2.24, 2.45) is 0 Å². The lowest BCUT2D eigenvalue weighted by Crippen LogP contribution is -2.22. The summed E-state index contributed by atoms with van der Waals surface area (Å²) in [5.74, 6) is -1.69. The van der Waals surface area contributed by atoms with E-state index in [2.05, 4.69) is 0 Å². The van der Waals surface area contributed by atoms with Crippen molar-refractivity contribution in [2.45, 2.75) is 13.5 Å². The SMILES string of the molecule is CCn1c(-c2ccc(Cl)c(Cl)c2)c(C(=O)O)c(=O)c2cc(-c3ccc(F)cc3)ccc21. The van der Waals surface area contributed by atoms with E-state index in [0.717, 1.165) is 5.56 Å². The molecular formula is C24H16Cl2FNO3. The predicted molar refractivity (Wildman–Crippen MR) is 122 cm³/mol. The molecule has 0 unspecified atom stereocenters. The molecule has 156 valence electrons. The lowest BCUT2D eigenvalue weighted by molar-refractivity contribution is 0.0696. The van der Waals surface area contributed by atoms with Gasteiger partial charge in [0.2, 0.25) is 5.43 Å². The molecule has 1 heterocycles. The summed E-state index contributed by atoms with van der Waals surface area (Å²) in [6.07, 6.45) is 0. The maximum atomic E-state index is 13.3. The van der Waals surface area contributed by atoms with E-state index in [1.165, 1.54) is 12.1 Å². The number of carboxylic acid groups (broad SMARTS) is 1. The van der Waals surface area contributed by atoms with Crippen molar-refractivity contribution in [1.82, 2.24) is 4.57 Å². The first kappa shape index (κ1) is 21.1. The van der Waals surface area contributed by atoms with Crippen LogP contribution in [0, 0.1) is 5.82 Å². The highest BCUT2D eigenvalue weighted by Crippen LogP contribution is 2.33. The van der Waals surface area contributed by atoms with E-state index in [4.69, 9.17) is 23.2 Å². The first-order valence-corrected chi connectivity index (χ1v) is 10.2. The lowest BCUT2D eigenvalue weighted by atomic mass is 9.98. The van der Waals surface area contributed by atoms with E-state index in [-0.39, 0.29) is 27.5 Å². The van der Waals surface area contributed by atoms with Crippen molar-refractivity contribution >= 4 is 40.1 Å². The second kappa shape index (κ2) is 8.17. The monoisotopic (exact) mass is 455 g/mol. The zero-order valence-electron chi connectivity index (χ0n) is 16.3. The van der Waals surface area contributed by atoms with Crippen molar-refractivity contribution in [1.29, 1.82) is 0 Å². The number of benzene rings is 3. The van der Waals surface area contributed by atoms with Gasteiger partial charge in [-0.2, -0.15) is 0 Å². The van der Waals surface area contributed by atoms with Crippen LogP contribution in [0.1, 0.15) is 17.3 Å². The van der Waals surface area contributed by atoms with E-state index < -0.39 is 11.4 Å². The summed E-state index contributed by atoms with van der Waals surface area (Å²) in [4.78, 5) is 25.5. The van der Waals surface area contributed by atoms with Crippen LogP contribution in [0.2, 0.25) is 10.0 Å². The molecule has 1 N–H and O–H groups in total. The smallest absolute Gasteiger partial charge is 0.341 e. The molecule has 4 aromatic rings. The van der Waals surface area contributed by atoms with Crippen LogP contribution in [-0.4, -0.2) is 15.6 Å². The molecule has 0 atom stereocenters. The van der Waals surface area contributed by atoms with Crippen molar-refractivity contribution in [3.05, 3.63) is 92.3 Å². The molecule has 4 nitrogen and oxygen atoms in total. The highest BCUT2D eigenvalue weighted by molar-refractivity contribution is 6.42. The van der Waals surface area contributed by atoms with Crippen LogP contribution >= 0.6 is 23.2 Å². The average molecular weight is 456 g/mol. The minimum Gasteiger partial charge on any atom is -0.477 e. The number of hydrogen-bond donors (Lipinski definition) is 1. The quantitative estimate of drug-likeness (QED) is 0.382. The highest BCUT2D eigenvalue weighted by Gasteiger charge is 2.23. The Bertz CT molecular complexity index is 1400. The number of aryl methyl sites for hydroxylation is 1. The van der Waals surface area contributed by atoms with Crippen molar-refractivity contribution in [2.75, 3.05) is 0 Å². The van der Waals surface area contributed by atoms with Crippen molar-refractivity contribution in [3.8, 4) is 22.4 Å². The Morgan fingerprint density at radius 3 is 2.19 bits per heavy atom. The Hall–Kier alpha value is -3.15. The normalized spacial score (nSPS) is 11.1. The first-order chi connectivity index (χ1) is 14.8. The third-order valence-electron chi connectivity index (χ3n) is 5.17. The van der Waals surface area contributed by atoms with Gasteiger partial charge < -0.3 is 9.67 Å². The molecule has 3 aromatic carbocycles. The van der Waals surface area contributed by atoms with Gasteiger partial charge in [0.1, 0.15) is 11.4 Å². The summed E-state index contributed by atoms with van der Waals surface area (Å²) in [5.41, 5.74) is 1.79. The second-order valence-corrected chi connectivity index (χ2v) is 7.78. The fourth-order valence-corrected chi connectivity index (χ4v) is 4.04. The Morgan fingerprint density at radius 1 is 0.935 bits per heavy atom. The van der Waals surface area contributed by atoms with E-state index in [1.807, 2.05) is 13.0 Å². The van der Waals surface area contributed by atoms with Gasteiger partial charge in [0, 0.05) is 17.5 Å². The fourth-order valence-electron chi connectivity index (χ4n) is 3.74. The summed E-state index contributed by atoms with van der Waals surface area (Å²) in [7, 11) is 0. The number of hydrogen-bond acceptors (Lipinski definition) is 2. The fraction of sp³-hybridized carbons (Fsp3) is 0.0833. The Balaban J connectivity index is 2.07. The summed E-state index contributed by atoms with van der Waals surface area (Å²) in [6, 6.07) is 15.9. The van der Waals surface area contributed by atoms with Gasteiger partial charge in [-0.1, -0.05) is 47.5 Å². The predicted octanol–water partition coefficient (Wildman–Crippen LogP) is 6.50. The number of fused-ring (bicyclic) bond motifs is 1. The summed E-state index contributed by atoms with van der Waals surface area (Å²) < 4.78 is 15.1. The first-order valence-electron chi connectivity index (χ1n) is 9.47. The van der Waals surface area contributed by atoms with Gasteiger partial charge >= 0.3 is 5.97 Å². The topological polar surface area (TPSA) is 59.3 Å². The highest BCUT2D eigenvalue weighted by atomic mass is 35.5. The third-order valence-corrected chi connectivity index (χ3v) is 5.91. The number of halogens is 3. The molecule has 0 bridgehead atoms. The second-order valence-electron chi connectivity index (χ2n) is 6.97. The minimum atomic E-state index is -1.33. The van der Waals surface area contributed by atoms with Crippen LogP contribution in [0.15, 0.2) is 65.5 Å². The van der Waals surface area contributed by atoms with Gasteiger partial charge in [0.25, 0.3) is 0 Å². The molecule has 0 aliphatic rings. The van der Waals surface area contributed by atoms with Crippen molar-refractivity contribution in [3.63, 3.8) is 0 Å². The van der Waals surface area contributed by atoms with E-state index in [9.17, 15) is 19.1 Å². The summed E-state index contributed by atoms with van der Waals surface area (Å²) >= 11 is 12.2. The van der Waals surface area contributed by atoms with E-state index in [1.54, 1.807) is 47.0 Å². The molecule has 0 saturated heterocycles. The number of aromatic nitrogens is 1. The largest absolute Gasteiger partial charge is 0.477 e. The van der Waals surface area contributed by atoms with Gasteiger partial charge in [-0.3, -0.25) is 4.79 Å². The van der Waals surface area contributed by atoms with Crippen LogP contribution < -0.4 is 5.43 Å². The zero-order valence-corrected chi connectivity index (χ0v) is 17.8. The molecule has 0 aliphatic heterocycles. The summed E-state index contributed by atoms with van der Waals surface area (Å²) in [5, 5.41) is 10.8. The molecule has 7 heteroatoms. The molecule has 0 saturated carbocycles. The molecular weight excluding hydrogens is 440 g/mol. The number of pyridine rings is 1. The molecule has 0 aliphatic carbocycles. The average Bonchev–Trinajstić information content (AvgIpc) is 2.75. The van der Waals surface area contributed by atoms with Gasteiger partial charge in [-0.15, -0.1) is 0 Å². The van der Waals surface area contributed by atoms with Crippen LogP contribution in [0.3, 0.4) is 0 Å². The van der Waals surface area contributed by atoms with Gasteiger partial charge in [0.15, 0.2) is 0 Å². The number of carbonyl (C=O) groups is 1. The number of rotatable bonds is 4. The number of aromatic carboxylic acids is 1. The molecule has 4 rings (SSSR count). The van der Waals surface area contributed by atoms with Crippen LogP contribution in [0.4, 0.5) is 4.39 Å². The lowest BCUT2D eigenvalue weighted by Gasteiger charge is -2.19. The zero-order chi connectivity index (χ0) is 22.3. The molecule has 0 radical (unpaired) electrons. The molecule has 1 aromatic heterocycles. The van der Waals surface area contributed by atoms with Crippen molar-refractivity contribution < 1.29 is 14.3 Å². The Kier molecular flexibility index (Phi) is 5.56. The minimum absolute atomic E-state index is 0.261. The Labute approximate surface area is 187 Å². The standard InChI is InChI=1S/C24H16Cl2FNO3/c1-2-28-20-10-6-14(13-3-7-16(27)8-4-13)11-17(20)23(29)21(24(30)31)22(28)15-5-9-18(25)19(26)12-15/h3-12H,2H2,1H3,(H,30,31). The maximum Gasteiger partial charge on any atom is 0.341 e.